The highest BCUT2D eigenvalue weighted by Gasteiger charge is 2.13. The van der Waals surface area contributed by atoms with Crippen LogP contribution in [0.3, 0.4) is 0 Å². The zero-order valence-corrected chi connectivity index (χ0v) is 14.0. The summed E-state index contributed by atoms with van der Waals surface area (Å²) in [5, 5.41) is 5.73. The Balaban J connectivity index is 1.33. The van der Waals surface area contributed by atoms with Gasteiger partial charge in [-0.3, -0.25) is 0 Å². The number of nitrogens with zero attached hydrogens (tertiary/aromatic N) is 2. The zero-order chi connectivity index (χ0) is 17.8. The summed E-state index contributed by atoms with van der Waals surface area (Å²) < 4.78 is 12.5. The van der Waals surface area contributed by atoms with E-state index in [9.17, 15) is 4.79 Å². The van der Waals surface area contributed by atoms with Crippen LogP contribution in [0.15, 0.2) is 61.2 Å². The van der Waals surface area contributed by atoms with Crippen molar-refractivity contribution in [2.75, 3.05) is 6.79 Å². The fourth-order valence-corrected chi connectivity index (χ4v) is 2.79. The summed E-state index contributed by atoms with van der Waals surface area (Å²) in [4.78, 5) is 16.2. The number of rotatable bonds is 5. The van der Waals surface area contributed by atoms with Gasteiger partial charge in [-0.2, -0.15) is 0 Å². The second-order valence-electron chi connectivity index (χ2n) is 5.82. The third kappa shape index (κ3) is 3.46. The summed E-state index contributed by atoms with van der Waals surface area (Å²) in [6.07, 6.45) is 5.33. The van der Waals surface area contributed by atoms with Crippen molar-refractivity contribution in [1.82, 2.24) is 20.2 Å². The molecule has 2 N–H and O–H groups in total. The molecule has 0 aliphatic carbocycles. The first-order chi connectivity index (χ1) is 12.8. The smallest absolute Gasteiger partial charge is 0.315 e. The number of hydrogen-bond donors (Lipinski definition) is 2. The van der Waals surface area contributed by atoms with Crippen LogP contribution in [0, 0.1) is 0 Å². The van der Waals surface area contributed by atoms with E-state index in [-0.39, 0.29) is 12.8 Å². The van der Waals surface area contributed by atoms with Gasteiger partial charge in [0.25, 0.3) is 0 Å². The number of amides is 2. The molecule has 132 valence electrons. The van der Waals surface area contributed by atoms with Crippen LogP contribution in [0.25, 0.3) is 5.69 Å². The van der Waals surface area contributed by atoms with Crippen LogP contribution in [0.5, 0.6) is 11.5 Å². The summed E-state index contributed by atoms with van der Waals surface area (Å²) >= 11 is 0. The molecule has 1 aromatic heterocycles. The van der Waals surface area contributed by atoms with Crippen molar-refractivity contribution in [3.63, 3.8) is 0 Å². The Hall–Kier alpha value is -3.48. The van der Waals surface area contributed by atoms with E-state index < -0.39 is 0 Å². The lowest BCUT2D eigenvalue weighted by molar-refractivity contribution is 0.174. The molecule has 2 heterocycles. The van der Waals surface area contributed by atoms with Crippen LogP contribution in [0.2, 0.25) is 0 Å². The Kier molecular flexibility index (Phi) is 4.42. The summed E-state index contributed by atoms with van der Waals surface area (Å²) in [6, 6.07) is 13.3. The van der Waals surface area contributed by atoms with Crippen LogP contribution in [0.1, 0.15) is 11.1 Å². The lowest BCUT2D eigenvalue weighted by Gasteiger charge is -2.12. The molecule has 0 fully saturated rings. The Morgan fingerprint density at radius 1 is 1.08 bits per heavy atom. The lowest BCUT2D eigenvalue weighted by atomic mass is 10.1. The third-order valence-corrected chi connectivity index (χ3v) is 4.10. The summed E-state index contributed by atoms with van der Waals surface area (Å²) in [6.45, 7) is 1.07. The van der Waals surface area contributed by atoms with Crippen molar-refractivity contribution in [2.45, 2.75) is 13.1 Å². The molecule has 4 rings (SSSR count). The van der Waals surface area contributed by atoms with E-state index in [4.69, 9.17) is 9.47 Å². The predicted molar refractivity (Wildman–Crippen MR) is 95.2 cm³/mol. The Morgan fingerprint density at radius 2 is 1.92 bits per heavy atom. The molecule has 0 spiro atoms. The third-order valence-electron chi connectivity index (χ3n) is 4.10. The van der Waals surface area contributed by atoms with Gasteiger partial charge in [0, 0.05) is 25.5 Å². The van der Waals surface area contributed by atoms with Crippen LogP contribution >= 0.6 is 0 Å². The highest BCUT2D eigenvalue weighted by atomic mass is 16.7. The van der Waals surface area contributed by atoms with Gasteiger partial charge in [-0.15, -0.1) is 0 Å². The normalized spacial score (nSPS) is 12.0. The van der Waals surface area contributed by atoms with Crippen LogP contribution in [0.4, 0.5) is 4.79 Å². The number of para-hydroxylation sites is 1. The first-order valence-electron chi connectivity index (χ1n) is 8.26. The van der Waals surface area contributed by atoms with Gasteiger partial charge in [0.05, 0.1) is 12.0 Å². The monoisotopic (exact) mass is 350 g/mol. The van der Waals surface area contributed by atoms with Gasteiger partial charge in [0.1, 0.15) is 0 Å². The molecule has 1 aliphatic rings. The number of fused-ring (bicyclic) bond motifs is 1. The summed E-state index contributed by atoms with van der Waals surface area (Å²) in [7, 11) is 0. The van der Waals surface area contributed by atoms with Gasteiger partial charge in [-0.25, -0.2) is 9.78 Å². The van der Waals surface area contributed by atoms with Crippen LogP contribution < -0.4 is 20.1 Å². The average Bonchev–Trinajstić information content (AvgIpc) is 3.36. The topological polar surface area (TPSA) is 77.4 Å². The molecule has 0 radical (unpaired) electrons. The standard InChI is InChI=1S/C19H18N4O3/c24-19(21-10-14-5-6-17-18(9-14)26-13-25-17)22-11-15-3-1-2-4-16(15)23-8-7-20-12-23/h1-9,12H,10-11,13H2,(H2,21,22,24). The molecule has 3 aromatic rings. The minimum absolute atomic E-state index is 0.233. The lowest BCUT2D eigenvalue weighted by Crippen LogP contribution is -2.34. The first kappa shape index (κ1) is 16.0. The molecule has 0 saturated heterocycles. The van der Waals surface area contributed by atoms with Gasteiger partial charge >= 0.3 is 6.03 Å². The zero-order valence-electron chi connectivity index (χ0n) is 14.0. The first-order valence-corrected chi connectivity index (χ1v) is 8.26. The van der Waals surface area contributed by atoms with Gasteiger partial charge < -0.3 is 24.7 Å². The number of benzene rings is 2. The number of nitrogens with one attached hydrogen (secondary N) is 2. The van der Waals surface area contributed by atoms with Crippen molar-refractivity contribution < 1.29 is 14.3 Å². The van der Waals surface area contributed by atoms with E-state index in [0.717, 1.165) is 22.6 Å². The molecule has 0 atom stereocenters. The number of carbonyl (C=O) groups excluding carboxylic acids is 1. The number of carbonyl (C=O) groups is 1. The molecule has 2 aromatic carbocycles. The van der Waals surface area contributed by atoms with Crippen molar-refractivity contribution in [1.29, 1.82) is 0 Å². The Labute approximate surface area is 150 Å². The molecular formula is C19H18N4O3. The van der Waals surface area contributed by atoms with Crippen molar-refractivity contribution >= 4 is 6.03 Å². The van der Waals surface area contributed by atoms with Gasteiger partial charge in [-0.05, 0) is 29.3 Å². The molecule has 1 aliphatic heterocycles. The highest BCUT2D eigenvalue weighted by molar-refractivity contribution is 5.74. The molecule has 0 bridgehead atoms. The van der Waals surface area contributed by atoms with E-state index in [1.807, 2.05) is 53.2 Å². The fraction of sp³-hybridized carbons (Fsp3) is 0.158. The van der Waals surface area contributed by atoms with Gasteiger partial charge in [0.15, 0.2) is 11.5 Å². The molecule has 0 unspecified atom stereocenters. The highest BCUT2D eigenvalue weighted by Crippen LogP contribution is 2.32. The van der Waals surface area contributed by atoms with E-state index >= 15 is 0 Å². The van der Waals surface area contributed by atoms with E-state index in [0.29, 0.717) is 18.8 Å². The maximum atomic E-state index is 12.1. The fourth-order valence-electron chi connectivity index (χ4n) is 2.79. The SMILES string of the molecule is O=C(NCc1ccc2c(c1)OCO2)NCc1ccccc1-n1ccnc1. The summed E-state index contributed by atoms with van der Waals surface area (Å²) in [5.74, 6) is 1.44. The van der Waals surface area contributed by atoms with Crippen LogP contribution in [-0.4, -0.2) is 22.4 Å². The molecular weight excluding hydrogens is 332 g/mol. The van der Waals surface area contributed by atoms with Crippen molar-refractivity contribution in [2.24, 2.45) is 0 Å². The predicted octanol–water partition coefficient (Wildman–Crippen LogP) is 2.60. The number of ether oxygens (including phenoxy) is 2. The molecule has 0 saturated carbocycles. The van der Waals surface area contributed by atoms with Crippen molar-refractivity contribution in [3.8, 4) is 17.2 Å². The van der Waals surface area contributed by atoms with E-state index in [2.05, 4.69) is 15.6 Å². The number of aromatic nitrogens is 2. The minimum atomic E-state index is -0.233. The number of urea groups is 1. The quantitative estimate of drug-likeness (QED) is 0.741. The Morgan fingerprint density at radius 3 is 2.81 bits per heavy atom. The van der Waals surface area contributed by atoms with E-state index in [1.54, 1.807) is 12.5 Å². The molecule has 26 heavy (non-hydrogen) atoms. The second kappa shape index (κ2) is 7.18. The largest absolute Gasteiger partial charge is 0.454 e. The molecule has 7 nitrogen and oxygen atoms in total. The van der Waals surface area contributed by atoms with Crippen molar-refractivity contribution in [3.05, 3.63) is 72.3 Å². The van der Waals surface area contributed by atoms with Crippen LogP contribution in [-0.2, 0) is 13.1 Å². The number of hydrogen-bond acceptors (Lipinski definition) is 4. The number of imidazole rings is 1. The molecule has 2 amide bonds. The second-order valence-corrected chi connectivity index (χ2v) is 5.82. The minimum Gasteiger partial charge on any atom is -0.454 e. The molecule has 7 heteroatoms. The average molecular weight is 350 g/mol. The Bertz CT molecular complexity index is 909. The van der Waals surface area contributed by atoms with Gasteiger partial charge in [0.2, 0.25) is 6.79 Å². The maximum Gasteiger partial charge on any atom is 0.315 e. The van der Waals surface area contributed by atoms with E-state index in [1.165, 1.54) is 0 Å². The maximum absolute atomic E-state index is 12.1. The van der Waals surface area contributed by atoms with Gasteiger partial charge in [-0.1, -0.05) is 24.3 Å². The summed E-state index contributed by atoms with van der Waals surface area (Å²) in [5.41, 5.74) is 2.94.